The molecular formula is C25H27ClN2O3. The van der Waals surface area contributed by atoms with Crippen molar-refractivity contribution in [2.24, 2.45) is 7.05 Å². The molecule has 2 aliphatic heterocycles. The number of hydrogen-bond donors (Lipinski definition) is 0. The summed E-state index contributed by atoms with van der Waals surface area (Å²) in [6.45, 7) is 1.96. The van der Waals surface area contributed by atoms with Gasteiger partial charge in [0.25, 0.3) is 0 Å². The van der Waals surface area contributed by atoms with E-state index in [1.165, 1.54) is 0 Å². The number of aromatic nitrogens is 1. The monoisotopic (exact) mass is 438 g/mol. The van der Waals surface area contributed by atoms with Gasteiger partial charge in [0.05, 0.1) is 18.6 Å². The Labute approximate surface area is 187 Å². The number of likely N-dealkylation sites (tertiary alicyclic amines) is 1. The number of benzene rings is 2. The number of aryl methyl sites for hydroxylation is 1. The molecule has 0 aliphatic carbocycles. The minimum atomic E-state index is -0.310. The summed E-state index contributed by atoms with van der Waals surface area (Å²) in [5.41, 5.74) is 1.92. The van der Waals surface area contributed by atoms with Gasteiger partial charge < -0.3 is 18.9 Å². The van der Waals surface area contributed by atoms with Crippen molar-refractivity contribution in [3.8, 4) is 5.75 Å². The van der Waals surface area contributed by atoms with E-state index in [1.54, 1.807) is 0 Å². The summed E-state index contributed by atoms with van der Waals surface area (Å²) in [7, 11) is 2.03. The second kappa shape index (κ2) is 8.21. The molecule has 0 N–H and O–H groups in total. The number of nitrogens with zero attached hydrogens (tertiary/aromatic N) is 2. The molecule has 162 valence electrons. The Bertz CT molecular complexity index is 1110. The molecule has 1 aromatic heterocycles. The van der Waals surface area contributed by atoms with Gasteiger partial charge in [-0.05, 0) is 42.7 Å². The molecule has 0 unspecified atom stereocenters. The average molecular weight is 439 g/mol. The second-order valence-electron chi connectivity index (χ2n) is 8.77. The Morgan fingerprint density at radius 3 is 3.00 bits per heavy atom. The van der Waals surface area contributed by atoms with Crippen molar-refractivity contribution >= 4 is 28.4 Å². The first kappa shape index (κ1) is 20.4. The zero-order valence-corrected chi connectivity index (χ0v) is 18.5. The molecular weight excluding hydrogens is 412 g/mol. The molecule has 0 saturated carbocycles. The summed E-state index contributed by atoms with van der Waals surface area (Å²) in [5.74, 6) is 0.927. The molecule has 3 heterocycles. The van der Waals surface area contributed by atoms with E-state index in [9.17, 15) is 4.79 Å². The summed E-state index contributed by atoms with van der Waals surface area (Å²) in [6.07, 6.45) is 5.17. The third-order valence-corrected chi connectivity index (χ3v) is 6.72. The van der Waals surface area contributed by atoms with Crippen LogP contribution in [0.25, 0.3) is 10.9 Å². The second-order valence-corrected chi connectivity index (χ2v) is 9.21. The quantitative estimate of drug-likeness (QED) is 0.597. The number of hydrogen-bond acceptors (Lipinski definition) is 3. The van der Waals surface area contributed by atoms with Gasteiger partial charge in [-0.2, -0.15) is 0 Å². The highest BCUT2D eigenvalue weighted by atomic mass is 35.5. The van der Waals surface area contributed by atoms with Crippen LogP contribution in [-0.2, 0) is 23.0 Å². The molecule has 6 heteroatoms. The average Bonchev–Trinajstić information content (AvgIpc) is 3.29. The highest BCUT2D eigenvalue weighted by Gasteiger charge is 2.45. The first-order chi connectivity index (χ1) is 15.0. The zero-order valence-electron chi connectivity index (χ0n) is 17.7. The molecule has 31 heavy (non-hydrogen) atoms. The van der Waals surface area contributed by atoms with E-state index in [2.05, 4.69) is 22.9 Å². The number of rotatable bonds is 4. The maximum absolute atomic E-state index is 13.2. The molecule has 2 aliphatic rings. The van der Waals surface area contributed by atoms with Gasteiger partial charge in [0.15, 0.2) is 0 Å². The Morgan fingerprint density at radius 2 is 2.13 bits per heavy atom. The van der Waals surface area contributed by atoms with Crippen molar-refractivity contribution in [2.45, 2.75) is 37.4 Å². The van der Waals surface area contributed by atoms with Gasteiger partial charge in [-0.1, -0.05) is 35.9 Å². The minimum Gasteiger partial charge on any atom is -0.488 e. The summed E-state index contributed by atoms with van der Waals surface area (Å²) < 4.78 is 14.4. The van der Waals surface area contributed by atoms with E-state index >= 15 is 0 Å². The maximum atomic E-state index is 13.2. The molecule has 1 amide bonds. The Morgan fingerprint density at radius 1 is 1.26 bits per heavy atom. The fourth-order valence-electron chi connectivity index (χ4n) is 5.05. The topological polar surface area (TPSA) is 43.7 Å². The number of fused-ring (bicyclic) bond motifs is 1. The number of piperidine rings is 1. The largest absolute Gasteiger partial charge is 0.488 e. The molecule has 5 rings (SSSR count). The summed E-state index contributed by atoms with van der Waals surface area (Å²) in [5, 5.41) is 1.81. The van der Waals surface area contributed by atoms with Crippen molar-refractivity contribution in [2.75, 3.05) is 19.7 Å². The van der Waals surface area contributed by atoms with Crippen LogP contribution in [0.1, 0.15) is 24.8 Å². The first-order valence-corrected chi connectivity index (χ1v) is 11.3. The highest BCUT2D eigenvalue weighted by molar-refractivity contribution is 6.30. The molecule has 1 spiro atoms. The van der Waals surface area contributed by atoms with Crippen LogP contribution in [0.2, 0.25) is 5.02 Å². The Kier molecular flexibility index (Phi) is 5.40. The molecule has 2 atom stereocenters. The lowest BCUT2D eigenvalue weighted by molar-refractivity contribution is -0.138. The van der Waals surface area contributed by atoms with Crippen LogP contribution in [0.15, 0.2) is 54.7 Å². The normalized spacial score (nSPS) is 23.5. The van der Waals surface area contributed by atoms with Crippen molar-refractivity contribution < 1.29 is 14.3 Å². The van der Waals surface area contributed by atoms with Gasteiger partial charge in [0.1, 0.15) is 11.9 Å². The van der Waals surface area contributed by atoms with E-state index in [0.717, 1.165) is 48.0 Å². The highest BCUT2D eigenvalue weighted by Crippen LogP contribution is 2.37. The van der Waals surface area contributed by atoms with Gasteiger partial charge >= 0.3 is 0 Å². The van der Waals surface area contributed by atoms with E-state index in [1.807, 2.05) is 48.3 Å². The van der Waals surface area contributed by atoms with Crippen molar-refractivity contribution in [3.63, 3.8) is 0 Å². The van der Waals surface area contributed by atoms with Gasteiger partial charge in [0, 0.05) is 48.7 Å². The van der Waals surface area contributed by atoms with Crippen LogP contribution in [0.3, 0.4) is 0 Å². The Balaban J connectivity index is 1.25. The SMILES string of the molecule is Cn1cc(CC(=O)N2CCC[C@]3(C[C@@H](Oc4cccc(Cl)c4)CO3)C2)c2ccccc21. The summed E-state index contributed by atoms with van der Waals surface area (Å²) in [4.78, 5) is 15.2. The smallest absolute Gasteiger partial charge is 0.227 e. The predicted octanol–water partition coefficient (Wildman–Crippen LogP) is 4.60. The molecule has 2 saturated heterocycles. The fourth-order valence-corrected chi connectivity index (χ4v) is 5.23. The third-order valence-electron chi connectivity index (χ3n) is 6.49. The molecule has 5 nitrogen and oxygen atoms in total. The van der Waals surface area contributed by atoms with Crippen molar-refractivity contribution in [1.29, 1.82) is 0 Å². The number of amides is 1. The lowest BCUT2D eigenvalue weighted by Gasteiger charge is -2.39. The fraction of sp³-hybridized carbons (Fsp3) is 0.400. The molecule has 0 bridgehead atoms. The van der Waals surface area contributed by atoms with Crippen LogP contribution < -0.4 is 4.74 Å². The van der Waals surface area contributed by atoms with E-state index in [-0.39, 0.29) is 17.6 Å². The molecule has 3 aromatic rings. The summed E-state index contributed by atoms with van der Waals surface area (Å²) >= 11 is 6.07. The van der Waals surface area contributed by atoms with Crippen molar-refractivity contribution in [1.82, 2.24) is 9.47 Å². The van der Waals surface area contributed by atoms with E-state index in [0.29, 0.717) is 24.6 Å². The zero-order chi connectivity index (χ0) is 21.4. The Hall–Kier alpha value is -2.50. The van der Waals surface area contributed by atoms with Crippen LogP contribution in [0.4, 0.5) is 0 Å². The molecule has 0 radical (unpaired) electrons. The van der Waals surface area contributed by atoms with E-state index < -0.39 is 0 Å². The predicted molar refractivity (Wildman–Crippen MR) is 122 cm³/mol. The van der Waals surface area contributed by atoms with Crippen LogP contribution in [0, 0.1) is 0 Å². The maximum Gasteiger partial charge on any atom is 0.227 e. The lowest BCUT2D eigenvalue weighted by atomic mass is 9.89. The number of carbonyl (C=O) groups is 1. The number of para-hydroxylation sites is 1. The van der Waals surface area contributed by atoms with Gasteiger partial charge in [-0.15, -0.1) is 0 Å². The number of halogens is 1. The third kappa shape index (κ3) is 4.17. The standard InChI is InChI=1S/C25H27ClN2O3/c1-27-15-18(22-8-2-3-9-23(22)27)12-24(29)28-11-5-10-25(17-28)14-21(16-30-25)31-20-7-4-6-19(26)13-20/h2-4,6-9,13,15,21H,5,10-12,14,16-17H2,1H3/t21-,25+/m1/s1. The molecule has 2 aromatic carbocycles. The van der Waals surface area contributed by atoms with Crippen LogP contribution >= 0.6 is 11.6 Å². The van der Waals surface area contributed by atoms with Crippen LogP contribution in [0.5, 0.6) is 5.75 Å². The summed E-state index contributed by atoms with van der Waals surface area (Å²) in [6, 6.07) is 15.7. The van der Waals surface area contributed by atoms with Gasteiger partial charge in [-0.3, -0.25) is 4.79 Å². The lowest BCUT2D eigenvalue weighted by Crippen LogP contribution is -2.50. The van der Waals surface area contributed by atoms with Crippen molar-refractivity contribution in [3.05, 3.63) is 65.3 Å². The first-order valence-electron chi connectivity index (χ1n) is 10.9. The number of carbonyl (C=O) groups excluding carboxylic acids is 1. The van der Waals surface area contributed by atoms with Gasteiger partial charge in [0.2, 0.25) is 5.91 Å². The van der Waals surface area contributed by atoms with Crippen LogP contribution in [-0.4, -0.2) is 46.8 Å². The minimum absolute atomic E-state index is 0.0217. The van der Waals surface area contributed by atoms with Gasteiger partial charge in [-0.25, -0.2) is 0 Å². The molecule has 2 fully saturated rings. The number of ether oxygens (including phenoxy) is 2. The van der Waals surface area contributed by atoms with E-state index in [4.69, 9.17) is 21.1 Å².